The topological polar surface area (TPSA) is 35.5 Å². The molecular weight excluding hydrogens is 366 g/mol. The molecule has 26 heavy (non-hydrogen) atoms. The second kappa shape index (κ2) is 8.49. The van der Waals surface area contributed by atoms with Gasteiger partial charge in [-0.05, 0) is 35.2 Å². The quantitative estimate of drug-likeness (QED) is 0.486. The number of nitrogens with zero attached hydrogens (tertiary/aromatic N) is 1. The fourth-order valence-electron chi connectivity index (χ4n) is 3.27. The van der Waals surface area contributed by atoms with E-state index in [-0.39, 0.29) is 6.04 Å². The van der Waals surface area contributed by atoms with Gasteiger partial charge in [-0.1, -0.05) is 62.4 Å². The summed E-state index contributed by atoms with van der Waals surface area (Å²) in [6.45, 7) is 8.98. The number of benzene rings is 2. The third-order valence-corrected chi connectivity index (χ3v) is 6.37. The van der Waals surface area contributed by atoms with Crippen molar-refractivity contribution in [2.45, 2.75) is 26.4 Å². The second-order valence-electron chi connectivity index (χ2n) is 6.84. The maximum Gasteiger partial charge on any atom is 0.128 e. The van der Waals surface area contributed by atoms with Gasteiger partial charge in [-0.25, -0.2) is 0 Å². The second-order valence-corrected chi connectivity index (χ2v) is 8.72. The van der Waals surface area contributed by atoms with E-state index in [1.165, 1.54) is 5.56 Å². The highest BCUT2D eigenvalue weighted by atomic mass is 35.5. The average Bonchev–Trinajstić information content (AvgIpc) is 2.99. The Labute approximate surface area is 163 Å². The standard InChI is InChI=1S/C21H24ClNO2S/c1-4-11-25-20-10-9-17(22)12-19(20)21-18-8-6-5-7-16(18)13-23(21)26(24)14-15(2)3/h4-10,12,15,21H,1,11,13-14H2,2-3H3. The summed E-state index contributed by atoms with van der Waals surface area (Å²) in [6.07, 6.45) is 1.72. The maximum atomic E-state index is 13.1. The van der Waals surface area contributed by atoms with Crippen LogP contribution in [0.25, 0.3) is 0 Å². The molecule has 1 aliphatic heterocycles. The summed E-state index contributed by atoms with van der Waals surface area (Å²) in [5, 5.41) is 0.643. The highest BCUT2D eigenvalue weighted by Crippen LogP contribution is 2.44. The van der Waals surface area contributed by atoms with E-state index in [2.05, 4.69) is 36.9 Å². The molecular formula is C21H24ClNO2S. The smallest absolute Gasteiger partial charge is 0.128 e. The molecule has 0 saturated heterocycles. The number of hydrogen-bond acceptors (Lipinski definition) is 3. The molecule has 138 valence electrons. The molecule has 2 unspecified atom stereocenters. The van der Waals surface area contributed by atoms with Crippen LogP contribution >= 0.6 is 11.6 Å². The zero-order chi connectivity index (χ0) is 18.7. The molecule has 2 aromatic rings. The van der Waals surface area contributed by atoms with Crippen LogP contribution in [0.1, 0.15) is 36.6 Å². The molecule has 2 aromatic carbocycles. The normalized spacial score (nSPS) is 18.0. The van der Waals surface area contributed by atoms with Gasteiger partial charge in [0.05, 0.1) is 6.54 Å². The van der Waals surface area contributed by atoms with Gasteiger partial charge in [0, 0.05) is 21.9 Å². The predicted molar refractivity (Wildman–Crippen MR) is 109 cm³/mol. The van der Waals surface area contributed by atoms with E-state index in [4.69, 9.17) is 16.3 Å². The third-order valence-electron chi connectivity index (χ3n) is 4.32. The molecule has 5 heteroatoms. The first kappa shape index (κ1) is 19.3. The number of hydrogen-bond donors (Lipinski definition) is 0. The summed E-state index contributed by atoms with van der Waals surface area (Å²) in [6, 6.07) is 13.7. The Balaban J connectivity index is 2.06. The minimum Gasteiger partial charge on any atom is -0.598 e. The van der Waals surface area contributed by atoms with Crippen LogP contribution in [-0.2, 0) is 17.9 Å². The highest BCUT2D eigenvalue weighted by molar-refractivity contribution is 7.89. The van der Waals surface area contributed by atoms with Crippen molar-refractivity contribution in [2.24, 2.45) is 5.92 Å². The van der Waals surface area contributed by atoms with Crippen molar-refractivity contribution in [1.29, 1.82) is 0 Å². The zero-order valence-corrected chi connectivity index (χ0v) is 16.7. The van der Waals surface area contributed by atoms with E-state index in [9.17, 15) is 4.55 Å². The molecule has 1 aliphatic rings. The van der Waals surface area contributed by atoms with Gasteiger partial charge in [0.15, 0.2) is 0 Å². The highest BCUT2D eigenvalue weighted by Gasteiger charge is 2.40. The summed E-state index contributed by atoms with van der Waals surface area (Å²) in [5.41, 5.74) is 3.31. The van der Waals surface area contributed by atoms with Gasteiger partial charge >= 0.3 is 0 Å². The molecule has 0 spiro atoms. The van der Waals surface area contributed by atoms with E-state index in [1.807, 2.05) is 30.3 Å². The molecule has 0 N–H and O–H groups in total. The van der Waals surface area contributed by atoms with Crippen LogP contribution in [0.5, 0.6) is 5.75 Å². The molecule has 1 heterocycles. The van der Waals surface area contributed by atoms with Crippen molar-refractivity contribution in [1.82, 2.24) is 4.31 Å². The largest absolute Gasteiger partial charge is 0.598 e. The van der Waals surface area contributed by atoms with E-state index in [1.54, 1.807) is 6.08 Å². The summed E-state index contributed by atoms with van der Waals surface area (Å²) in [7, 11) is 0. The fraction of sp³-hybridized carbons (Fsp3) is 0.333. The zero-order valence-electron chi connectivity index (χ0n) is 15.2. The fourth-order valence-corrected chi connectivity index (χ4v) is 4.95. The molecule has 0 bridgehead atoms. The van der Waals surface area contributed by atoms with Crippen molar-refractivity contribution >= 4 is 23.0 Å². The van der Waals surface area contributed by atoms with E-state index in [0.29, 0.717) is 29.8 Å². The first-order valence-electron chi connectivity index (χ1n) is 8.77. The number of rotatable bonds is 7. The van der Waals surface area contributed by atoms with Crippen molar-refractivity contribution < 1.29 is 9.29 Å². The minimum atomic E-state index is -1.09. The molecule has 0 fully saturated rings. The van der Waals surface area contributed by atoms with Gasteiger partial charge in [-0.2, -0.15) is 0 Å². The summed E-state index contributed by atoms with van der Waals surface area (Å²) >= 11 is 5.21. The van der Waals surface area contributed by atoms with Crippen molar-refractivity contribution in [3.8, 4) is 5.75 Å². The van der Waals surface area contributed by atoms with E-state index >= 15 is 0 Å². The molecule has 0 saturated carbocycles. The molecule has 0 radical (unpaired) electrons. The Hall–Kier alpha value is -1.46. The molecule has 2 atom stereocenters. The van der Waals surface area contributed by atoms with Crippen molar-refractivity contribution in [3.05, 3.63) is 76.8 Å². The average molecular weight is 390 g/mol. The lowest BCUT2D eigenvalue weighted by atomic mass is 9.98. The molecule has 0 amide bonds. The van der Waals surface area contributed by atoms with Crippen molar-refractivity contribution in [2.75, 3.05) is 12.4 Å². The van der Waals surface area contributed by atoms with Crippen molar-refractivity contribution in [3.63, 3.8) is 0 Å². The first-order chi connectivity index (χ1) is 12.5. The van der Waals surface area contributed by atoms with E-state index in [0.717, 1.165) is 16.9 Å². The predicted octanol–water partition coefficient (Wildman–Crippen LogP) is 5.13. The molecule has 3 rings (SSSR count). The van der Waals surface area contributed by atoms with Gasteiger partial charge in [-0.15, -0.1) is 4.31 Å². The van der Waals surface area contributed by atoms with Crippen LogP contribution in [0.15, 0.2) is 55.1 Å². The van der Waals surface area contributed by atoms with Gasteiger partial charge in [0.2, 0.25) is 0 Å². The Morgan fingerprint density at radius 2 is 2.08 bits per heavy atom. The Morgan fingerprint density at radius 3 is 2.81 bits per heavy atom. The molecule has 0 aliphatic carbocycles. The summed E-state index contributed by atoms with van der Waals surface area (Å²) < 4.78 is 21.0. The van der Waals surface area contributed by atoms with Crippen LogP contribution in [0, 0.1) is 5.92 Å². The lowest BCUT2D eigenvalue weighted by Gasteiger charge is -2.28. The maximum absolute atomic E-state index is 13.1. The van der Waals surface area contributed by atoms with Crippen LogP contribution in [0.2, 0.25) is 5.02 Å². The number of fused-ring (bicyclic) bond motifs is 1. The summed E-state index contributed by atoms with van der Waals surface area (Å²) in [4.78, 5) is 0. The van der Waals surface area contributed by atoms with Crippen LogP contribution in [-0.4, -0.2) is 21.2 Å². The Bertz CT molecular complexity index is 780. The Kier molecular flexibility index (Phi) is 6.30. The molecule has 0 aromatic heterocycles. The SMILES string of the molecule is C=CCOc1ccc(Cl)cc1C1c2ccccc2CN1[S+]([O-])CC(C)C. The number of halogens is 1. The first-order valence-corrected chi connectivity index (χ1v) is 10.4. The number of ether oxygens (including phenoxy) is 1. The van der Waals surface area contributed by atoms with Gasteiger partial charge < -0.3 is 9.29 Å². The van der Waals surface area contributed by atoms with Gasteiger partial charge in [-0.3, -0.25) is 0 Å². The monoisotopic (exact) mass is 389 g/mol. The lowest BCUT2D eigenvalue weighted by molar-refractivity contribution is 0.338. The third kappa shape index (κ3) is 4.09. The van der Waals surface area contributed by atoms with Gasteiger partial charge in [0.1, 0.15) is 24.2 Å². The van der Waals surface area contributed by atoms with Gasteiger partial charge in [0.25, 0.3) is 0 Å². The van der Waals surface area contributed by atoms with Crippen LogP contribution in [0.3, 0.4) is 0 Å². The van der Waals surface area contributed by atoms with E-state index < -0.39 is 11.4 Å². The lowest BCUT2D eigenvalue weighted by Crippen LogP contribution is -2.34. The summed E-state index contributed by atoms with van der Waals surface area (Å²) in [5.74, 6) is 1.74. The molecule has 3 nitrogen and oxygen atoms in total. The minimum absolute atomic E-state index is 0.135. The van der Waals surface area contributed by atoms with Crippen LogP contribution in [0.4, 0.5) is 0 Å². The Morgan fingerprint density at radius 1 is 1.31 bits per heavy atom. The van der Waals surface area contributed by atoms with Crippen LogP contribution < -0.4 is 4.74 Å².